The third kappa shape index (κ3) is 3.46. The number of fused-ring (bicyclic) bond motifs is 1. The number of amides is 2. The van der Waals surface area contributed by atoms with E-state index in [-0.39, 0.29) is 13.0 Å². The Morgan fingerprint density at radius 3 is 2.44 bits per heavy atom. The van der Waals surface area contributed by atoms with Gasteiger partial charge in [0, 0.05) is 22.7 Å². The summed E-state index contributed by atoms with van der Waals surface area (Å²) in [6, 6.07) is 13.8. The van der Waals surface area contributed by atoms with Gasteiger partial charge in [0.2, 0.25) is 0 Å². The van der Waals surface area contributed by atoms with E-state index >= 15 is 0 Å². The maximum atomic E-state index is 12.8. The van der Waals surface area contributed by atoms with Crippen molar-refractivity contribution in [3.63, 3.8) is 0 Å². The van der Waals surface area contributed by atoms with E-state index < -0.39 is 17.8 Å². The van der Waals surface area contributed by atoms with Gasteiger partial charge in [-0.05, 0) is 35.4 Å². The van der Waals surface area contributed by atoms with Crippen LogP contribution in [0.25, 0.3) is 11.6 Å². The number of nitrogens with zero attached hydrogens (tertiary/aromatic N) is 1. The summed E-state index contributed by atoms with van der Waals surface area (Å²) in [5.74, 6) is -2.06. The third-order valence-electron chi connectivity index (χ3n) is 3.88. The average molecular weight is 356 g/mol. The zero-order chi connectivity index (χ0) is 18.0. The SMILES string of the molecule is O=C(O)CCN1C(=O)/C(=C\c2cccc(Cl)c2)c2ccccc2C1=O. The minimum Gasteiger partial charge on any atom is -0.481 e. The number of hydrogen-bond donors (Lipinski definition) is 1. The monoisotopic (exact) mass is 355 g/mol. The van der Waals surface area contributed by atoms with Crippen molar-refractivity contribution in [2.75, 3.05) is 6.54 Å². The van der Waals surface area contributed by atoms with Gasteiger partial charge in [-0.15, -0.1) is 0 Å². The second kappa shape index (κ2) is 6.91. The lowest BCUT2D eigenvalue weighted by molar-refractivity contribution is -0.137. The van der Waals surface area contributed by atoms with Crippen LogP contribution in [0, 0.1) is 0 Å². The van der Waals surface area contributed by atoms with Crippen LogP contribution in [0.4, 0.5) is 0 Å². The molecule has 1 aliphatic heterocycles. The van der Waals surface area contributed by atoms with Crippen LogP contribution in [0.5, 0.6) is 0 Å². The molecule has 2 aromatic rings. The van der Waals surface area contributed by atoms with E-state index in [0.717, 1.165) is 10.5 Å². The Balaban J connectivity index is 2.09. The first-order valence-electron chi connectivity index (χ1n) is 7.62. The van der Waals surface area contributed by atoms with Crippen molar-refractivity contribution in [2.24, 2.45) is 0 Å². The number of halogens is 1. The molecular weight excluding hydrogens is 342 g/mol. The highest BCUT2D eigenvalue weighted by molar-refractivity contribution is 6.34. The molecule has 0 radical (unpaired) electrons. The number of imide groups is 1. The quantitative estimate of drug-likeness (QED) is 0.674. The van der Waals surface area contributed by atoms with Crippen molar-refractivity contribution in [3.05, 3.63) is 70.2 Å². The Bertz CT molecular complexity index is 904. The van der Waals surface area contributed by atoms with E-state index in [9.17, 15) is 14.4 Å². The number of carboxylic acid groups (broad SMARTS) is 1. The molecule has 0 unspecified atom stereocenters. The van der Waals surface area contributed by atoms with Gasteiger partial charge in [-0.25, -0.2) is 0 Å². The Kier molecular flexibility index (Phi) is 4.67. The molecule has 2 amide bonds. The minimum absolute atomic E-state index is 0.172. The zero-order valence-electron chi connectivity index (χ0n) is 13.1. The van der Waals surface area contributed by atoms with Crippen LogP contribution in [-0.4, -0.2) is 34.3 Å². The van der Waals surface area contributed by atoms with Crippen LogP contribution in [0.15, 0.2) is 48.5 Å². The van der Waals surface area contributed by atoms with Gasteiger partial charge in [-0.3, -0.25) is 19.3 Å². The van der Waals surface area contributed by atoms with Crippen molar-refractivity contribution < 1.29 is 19.5 Å². The summed E-state index contributed by atoms with van der Waals surface area (Å²) in [6.45, 7) is -0.172. The number of carbonyl (C=O) groups is 3. The van der Waals surface area contributed by atoms with E-state index in [2.05, 4.69) is 0 Å². The first-order valence-corrected chi connectivity index (χ1v) is 8.00. The van der Waals surface area contributed by atoms with E-state index in [1.165, 1.54) is 0 Å². The van der Waals surface area contributed by atoms with Gasteiger partial charge in [-0.2, -0.15) is 0 Å². The lowest BCUT2D eigenvalue weighted by Crippen LogP contribution is -2.42. The molecule has 0 bridgehead atoms. The summed E-state index contributed by atoms with van der Waals surface area (Å²) in [7, 11) is 0. The van der Waals surface area contributed by atoms with Gasteiger partial charge in [0.05, 0.1) is 6.42 Å². The lowest BCUT2D eigenvalue weighted by atomic mass is 9.92. The lowest BCUT2D eigenvalue weighted by Gasteiger charge is -2.28. The molecule has 1 N–H and O–H groups in total. The van der Waals surface area contributed by atoms with Crippen molar-refractivity contribution in [3.8, 4) is 0 Å². The molecule has 2 aromatic carbocycles. The molecule has 0 aliphatic carbocycles. The molecule has 3 rings (SSSR count). The molecule has 25 heavy (non-hydrogen) atoms. The average Bonchev–Trinajstić information content (AvgIpc) is 2.58. The van der Waals surface area contributed by atoms with Crippen LogP contribution in [-0.2, 0) is 9.59 Å². The van der Waals surface area contributed by atoms with E-state index in [1.807, 2.05) is 0 Å². The molecule has 6 heteroatoms. The molecule has 0 aromatic heterocycles. The van der Waals surface area contributed by atoms with Gasteiger partial charge in [0.15, 0.2) is 0 Å². The van der Waals surface area contributed by atoms with Crippen LogP contribution in [0.2, 0.25) is 5.02 Å². The van der Waals surface area contributed by atoms with Crippen LogP contribution < -0.4 is 0 Å². The van der Waals surface area contributed by atoms with Crippen molar-refractivity contribution in [1.82, 2.24) is 4.90 Å². The fourth-order valence-corrected chi connectivity index (χ4v) is 2.91. The highest BCUT2D eigenvalue weighted by Crippen LogP contribution is 2.30. The summed E-state index contributed by atoms with van der Waals surface area (Å²) >= 11 is 5.99. The minimum atomic E-state index is -1.07. The first kappa shape index (κ1) is 16.9. The van der Waals surface area contributed by atoms with Crippen LogP contribution in [0.1, 0.15) is 27.9 Å². The molecule has 0 atom stereocenters. The molecule has 0 saturated carbocycles. The fraction of sp³-hybridized carbons (Fsp3) is 0.105. The van der Waals surface area contributed by atoms with Crippen LogP contribution >= 0.6 is 11.6 Å². The second-order valence-electron chi connectivity index (χ2n) is 5.56. The summed E-state index contributed by atoms with van der Waals surface area (Å²) in [5.41, 5.74) is 1.96. The molecule has 5 nitrogen and oxygen atoms in total. The molecule has 0 fully saturated rings. The Hall–Kier alpha value is -2.92. The number of rotatable bonds is 4. The number of benzene rings is 2. The predicted molar refractivity (Wildman–Crippen MR) is 94.1 cm³/mol. The van der Waals surface area contributed by atoms with E-state index in [1.54, 1.807) is 54.6 Å². The maximum absolute atomic E-state index is 12.8. The molecule has 0 saturated heterocycles. The number of hydrogen-bond acceptors (Lipinski definition) is 3. The van der Waals surface area contributed by atoms with Gasteiger partial charge in [-0.1, -0.05) is 41.9 Å². The molecule has 1 aliphatic rings. The predicted octanol–water partition coefficient (Wildman–Crippen LogP) is 3.34. The molecule has 1 heterocycles. The van der Waals surface area contributed by atoms with Gasteiger partial charge in [0.25, 0.3) is 11.8 Å². The second-order valence-corrected chi connectivity index (χ2v) is 6.00. The Morgan fingerprint density at radius 2 is 1.76 bits per heavy atom. The van der Waals surface area contributed by atoms with Crippen LogP contribution in [0.3, 0.4) is 0 Å². The summed E-state index contributed by atoms with van der Waals surface area (Å²) in [4.78, 5) is 37.2. The Morgan fingerprint density at radius 1 is 1.04 bits per heavy atom. The van der Waals surface area contributed by atoms with E-state index in [4.69, 9.17) is 16.7 Å². The van der Waals surface area contributed by atoms with E-state index in [0.29, 0.717) is 21.7 Å². The largest absolute Gasteiger partial charge is 0.481 e. The third-order valence-corrected chi connectivity index (χ3v) is 4.11. The van der Waals surface area contributed by atoms with Crippen molar-refractivity contribution >= 4 is 41.0 Å². The summed E-state index contributed by atoms with van der Waals surface area (Å²) in [6.07, 6.45) is 1.36. The van der Waals surface area contributed by atoms with Crippen molar-refractivity contribution in [2.45, 2.75) is 6.42 Å². The first-order chi connectivity index (χ1) is 12.0. The summed E-state index contributed by atoms with van der Waals surface area (Å²) in [5, 5.41) is 9.40. The van der Waals surface area contributed by atoms with Crippen molar-refractivity contribution in [1.29, 1.82) is 0 Å². The maximum Gasteiger partial charge on any atom is 0.305 e. The fourth-order valence-electron chi connectivity index (χ4n) is 2.72. The molecule has 0 spiro atoms. The normalized spacial score (nSPS) is 15.4. The number of aliphatic carboxylic acids is 1. The summed E-state index contributed by atoms with van der Waals surface area (Å²) < 4.78 is 0. The highest BCUT2D eigenvalue weighted by atomic mass is 35.5. The smallest absolute Gasteiger partial charge is 0.305 e. The zero-order valence-corrected chi connectivity index (χ0v) is 13.9. The van der Waals surface area contributed by atoms with Gasteiger partial charge in [0.1, 0.15) is 0 Å². The number of carboxylic acids is 1. The topological polar surface area (TPSA) is 74.7 Å². The van der Waals surface area contributed by atoms with Gasteiger partial charge < -0.3 is 5.11 Å². The standard InChI is InChI=1S/C19H14ClNO4/c20-13-5-3-4-12(10-13)11-16-14-6-1-2-7-15(14)18(24)21(19(16)25)9-8-17(22)23/h1-7,10-11H,8-9H2,(H,22,23)/b16-11-. The molecular formula is C19H14ClNO4. The molecule has 126 valence electrons. The highest BCUT2D eigenvalue weighted by Gasteiger charge is 2.34. The number of carbonyl (C=O) groups excluding carboxylic acids is 2. The van der Waals surface area contributed by atoms with Gasteiger partial charge >= 0.3 is 5.97 Å². The Labute approximate surface area is 149 Å².